The van der Waals surface area contributed by atoms with Crippen LogP contribution in [-0.2, 0) is 10.2 Å². The second-order valence-corrected chi connectivity index (χ2v) is 5.21. The fourth-order valence-corrected chi connectivity index (χ4v) is 3.01. The van der Waals surface area contributed by atoms with Crippen molar-refractivity contribution in [3.63, 3.8) is 0 Å². The number of aromatic nitrogens is 2. The number of nitrogens with zero attached hydrogens (tertiary/aromatic N) is 2. The molecule has 1 aromatic carbocycles. The predicted octanol–water partition coefficient (Wildman–Crippen LogP) is 2.91. The number of benzene rings is 1. The molecule has 0 bridgehead atoms. The van der Waals surface area contributed by atoms with Gasteiger partial charge >= 0.3 is 5.97 Å². The van der Waals surface area contributed by atoms with Crippen LogP contribution in [0.25, 0.3) is 5.69 Å². The van der Waals surface area contributed by atoms with Gasteiger partial charge in [-0.25, -0.2) is 9.07 Å². The van der Waals surface area contributed by atoms with E-state index in [1.807, 2.05) is 0 Å². The minimum atomic E-state index is -0.927. The van der Waals surface area contributed by atoms with Crippen molar-refractivity contribution in [2.24, 2.45) is 0 Å². The summed E-state index contributed by atoms with van der Waals surface area (Å²) in [4.78, 5) is 11.6. The Kier molecular flexibility index (Phi) is 3.04. The smallest absolute Gasteiger partial charge is 0.314 e. The van der Waals surface area contributed by atoms with E-state index < -0.39 is 17.2 Å². The Morgan fingerprint density at radius 1 is 1.35 bits per heavy atom. The Morgan fingerprint density at radius 2 is 2.10 bits per heavy atom. The lowest BCUT2D eigenvalue weighted by Gasteiger charge is -2.24. The molecule has 0 atom stereocenters. The van der Waals surface area contributed by atoms with Crippen LogP contribution in [0, 0.1) is 5.82 Å². The Labute approximate surface area is 115 Å². The van der Waals surface area contributed by atoms with Crippen molar-refractivity contribution < 1.29 is 14.3 Å². The average Bonchev–Trinajstić information content (AvgIpc) is 3.11. The summed E-state index contributed by atoms with van der Waals surface area (Å²) >= 11 is 0. The third-order valence-corrected chi connectivity index (χ3v) is 4.12. The molecule has 0 radical (unpaired) electrons. The molecule has 5 heteroatoms. The van der Waals surface area contributed by atoms with Gasteiger partial charge in [-0.15, -0.1) is 0 Å². The van der Waals surface area contributed by atoms with Gasteiger partial charge in [-0.3, -0.25) is 4.79 Å². The van der Waals surface area contributed by atoms with E-state index in [4.69, 9.17) is 0 Å². The summed E-state index contributed by atoms with van der Waals surface area (Å²) in [6.45, 7) is 0. The molecule has 2 aromatic rings. The van der Waals surface area contributed by atoms with Gasteiger partial charge in [0.1, 0.15) is 11.5 Å². The molecule has 1 aliphatic rings. The molecule has 1 aromatic heterocycles. The average molecular weight is 274 g/mol. The first-order valence-electron chi connectivity index (χ1n) is 6.67. The van der Waals surface area contributed by atoms with Crippen molar-refractivity contribution in [2.75, 3.05) is 0 Å². The largest absolute Gasteiger partial charge is 0.481 e. The third kappa shape index (κ3) is 1.90. The SMILES string of the molecule is O=C(O)C1(c2ccc(-n3cccn3)c(F)c2)CCCC1. The first kappa shape index (κ1) is 12.8. The summed E-state index contributed by atoms with van der Waals surface area (Å²) in [5, 5.41) is 13.5. The highest BCUT2D eigenvalue weighted by molar-refractivity contribution is 5.82. The minimum absolute atomic E-state index is 0.331. The molecule has 1 fully saturated rings. The number of aliphatic carboxylic acids is 1. The van der Waals surface area contributed by atoms with E-state index in [2.05, 4.69) is 5.10 Å². The van der Waals surface area contributed by atoms with Crippen LogP contribution in [0.1, 0.15) is 31.2 Å². The molecule has 0 aliphatic heterocycles. The number of hydrogen-bond donors (Lipinski definition) is 1. The van der Waals surface area contributed by atoms with Crippen molar-refractivity contribution >= 4 is 5.97 Å². The lowest BCUT2D eigenvalue weighted by molar-refractivity contribution is -0.143. The fraction of sp³-hybridized carbons (Fsp3) is 0.333. The quantitative estimate of drug-likeness (QED) is 0.936. The van der Waals surface area contributed by atoms with E-state index in [-0.39, 0.29) is 0 Å². The molecule has 0 amide bonds. The fourth-order valence-electron chi connectivity index (χ4n) is 3.01. The Hall–Kier alpha value is -2.17. The van der Waals surface area contributed by atoms with Crippen LogP contribution in [-0.4, -0.2) is 20.9 Å². The van der Waals surface area contributed by atoms with Crippen LogP contribution in [0.5, 0.6) is 0 Å². The van der Waals surface area contributed by atoms with Crippen molar-refractivity contribution in [2.45, 2.75) is 31.1 Å². The zero-order valence-corrected chi connectivity index (χ0v) is 10.9. The molecule has 104 valence electrons. The highest BCUT2D eigenvalue weighted by Gasteiger charge is 2.43. The number of carbonyl (C=O) groups is 1. The third-order valence-electron chi connectivity index (χ3n) is 4.12. The Balaban J connectivity index is 2.04. The normalized spacial score (nSPS) is 17.2. The van der Waals surface area contributed by atoms with Crippen LogP contribution >= 0.6 is 0 Å². The Bertz CT molecular complexity index is 631. The maximum atomic E-state index is 14.2. The highest BCUT2D eigenvalue weighted by Crippen LogP contribution is 2.41. The maximum Gasteiger partial charge on any atom is 0.314 e. The zero-order chi connectivity index (χ0) is 14.2. The van der Waals surface area contributed by atoms with Gasteiger partial charge < -0.3 is 5.11 Å². The maximum absolute atomic E-state index is 14.2. The van der Waals surface area contributed by atoms with Gasteiger partial charge in [0, 0.05) is 12.4 Å². The molecule has 1 N–H and O–H groups in total. The van der Waals surface area contributed by atoms with E-state index in [9.17, 15) is 14.3 Å². The number of rotatable bonds is 3. The second kappa shape index (κ2) is 4.74. The zero-order valence-electron chi connectivity index (χ0n) is 10.9. The van der Waals surface area contributed by atoms with E-state index >= 15 is 0 Å². The Morgan fingerprint density at radius 3 is 2.65 bits per heavy atom. The summed E-state index contributed by atoms with van der Waals surface area (Å²) in [6, 6.07) is 6.36. The molecule has 1 saturated carbocycles. The van der Waals surface area contributed by atoms with Crippen molar-refractivity contribution in [1.29, 1.82) is 0 Å². The van der Waals surface area contributed by atoms with Crippen molar-refractivity contribution in [3.8, 4) is 5.69 Å². The molecule has 3 rings (SSSR count). The van der Waals surface area contributed by atoms with E-state index in [0.29, 0.717) is 24.1 Å². The van der Waals surface area contributed by atoms with Crippen LogP contribution in [0.2, 0.25) is 0 Å². The van der Waals surface area contributed by atoms with Crippen LogP contribution in [0.15, 0.2) is 36.7 Å². The van der Waals surface area contributed by atoms with Gasteiger partial charge in [0.05, 0.1) is 5.41 Å². The summed E-state index contributed by atoms with van der Waals surface area (Å²) in [5.74, 6) is -1.31. The molecular formula is C15H15FN2O2. The highest BCUT2D eigenvalue weighted by atomic mass is 19.1. The van der Waals surface area contributed by atoms with Gasteiger partial charge in [-0.2, -0.15) is 5.10 Å². The monoisotopic (exact) mass is 274 g/mol. The summed E-state index contributed by atoms with van der Waals surface area (Å²) in [6.07, 6.45) is 6.11. The first-order chi connectivity index (χ1) is 9.63. The van der Waals surface area contributed by atoms with E-state index in [1.165, 1.54) is 10.7 Å². The molecule has 0 saturated heterocycles. The van der Waals surface area contributed by atoms with Crippen LogP contribution in [0.3, 0.4) is 0 Å². The molecule has 1 aliphatic carbocycles. The van der Waals surface area contributed by atoms with Crippen molar-refractivity contribution in [1.82, 2.24) is 9.78 Å². The lowest BCUT2D eigenvalue weighted by atomic mass is 9.79. The van der Waals surface area contributed by atoms with Gasteiger partial charge in [-0.1, -0.05) is 18.9 Å². The topological polar surface area (TPSA) is 55.1 Å². The standard InChI is InChI=1S/C15H15FN2O2/c16-12-10-11(15(14(19)20)6-1-2-7-15)4-5-13(12)18-9-3-8-17-18/h3-5,8-10H,1-2,6-7H2,(H,19,20). The number of carboxylic acids is 1. The minimum Gasteiger partial charge on any atom is -0.481 e. The van der Waals surface area contributed by atoms with E-state index in [1.54, 1.807) is 30.6 Å². The lowest BCUT2D eigenvalue weighted by Crippen LogP contribution is -2.32. The summed E-state index contributed by atoms with van der Waals surface area (Å²) in [5.41, 5.74) is -0.0445. The molecule has 1 heterocycles. The van der Waals surface area contributed by atoms with Gasteiger partial charge in [-0.05, 0) is 36.6 Å². The molecular weight excluding hydrogens is 259 g/mol. The molecule has 20 heavy (non-hydrogen) atoms. The van der Waals surface area contributed by atoms with Crippen molar-refractivity contribution in [3.05, 3.63) is 48.0 Å². The molecule has 4 nitrogen and oxygen atoms in total. The molecule has 0 unspecified atom stereocenters. The molecule has 0 spiro atoms. The van der Waals surface area contributed by atoms with Crippen LogP contribution < -0.4 is 0 Å². The predicted molar refractivity (Wildman–Crippen MR) is 71.3 cm³/mol. The number of halogens is 1. The van der Waals surface area contributed by atoms with Crippen LogP contribution in [0.4, 0.5) is 4.39 Å². The van der Waals surface area contributed by atoms with Gasteiger partial charge in [0.25, 0.3) is 0 Å². The second-order valence-electron chi connectivity index (χ2n) is 5.21. The summed E-state index contributed by atoms with van der Waals surface area (Å²) in [7, 11) is 0. The first-order valence-corrected chi connectivity index (χ1v) is 6.67. The summed E-state index contributed by atoms with van der Waals surface area (Å²) < 4.78 is 15.7. The van der Waals surface area contributed by atoms with E-state index in [0.717, 1.165) is 12.8 Å². The van der Waals surface area contributed by atoms with Gasteiger partial charge in [0.15, 0.2) is 0 Å². The number of carboxylic acid groups (broad SMARTS) is 1. The number of hydrogen-bond acceptors (Lipinski definition) is 2. The van der Waals surface area contributed by atoms with Gasteiger partial charge in [0.2, 0.25) is 0 Å².